The van der Waals surface area contributed by atoms with Crippen LogP contribution in [0.2, 0.25) is 0 Å². The molecule has 0 saturated carbocycles. The van der Waals surface area contributed by atoms with Gasteiger partial charge in [0.05, 0.1) is 25.1 Å². The highest BCUT2D eigenvalue weighted by Gasteiger charge is 2.12. The summed E-state index contributed by atoms with van der Waals surface area (Å²) in [7, 11) is 2.90. The summed E-state index contributed by atoms with van der Waals surface area (Å²) in [5, 5.41) is 10.7. The zero-order valence-corrected chi connectivity index (χ0v) is 10.3. The molecule has 2 aromatic rings. The quantitative estimate of drug-likeness (QED) is 0.644. The number of hydrogen-bond donors (Lipinski definition) is 1. The summed E-state index contributed by atoms with van der Waals surface area (Å²) >= 11 is 0. The second kappa shape index (κ2) is 4.92. The first-order valence-electron chi connectivity index (χ1n) is 5.32. The van der Waals surface area contributed by atoms with E-state index in [4.69, 9.17) is 9.47 Å². The van der Waals surface area contributed by atoms with Crippen molar-refractivity contribution in [1.82, 2.24) is 9.97 Å². The predicted octanol–water partition coefficient (Wildman–Crippen LogP) is 0.717. The monoisotopic (exact) mass is 265 g/mol. The molecule has 2 rings (SSSR count). The normalized spacial score (nSPS) is 10.4. The van der Waals surface area contributed by atoms with Crippen LogP contribution >= 0.6 is 0 Å². The fourth-order valence-electron chi connectivity index (χ4n) is 1.71. The van der Waals surface area contributed by atoms with E-state index in [0.717, 1.165) is 0 Å². The zero-order valence-electron chi connectivity index (χ0n) is 10.3. The first-order chi connectivity index (χ1) is 9.05. The minimum absolute atomic E-state index is 0.00489. The number of ether oxygens (including phenoxy) is 2. The summed E-state index contributed by atoms with van der Waals surface area (Å²) in [6, 6.07) is 2.99. The lowest BCUT2D eigenvalue weighted by molar-refractivity contribution is -0.498. The Balaban J connectivity index is 2.67. The van der Waals surface area contributed by atoms with Crippen LogP contribution in [-0.2, 0) is 6.54 Å². The summed E-state index contributed by atoms with van der Waals surface area (Å²) < 4.78 is 10.2. The lowest BCUT2D eigenvalue weighted by Gasteiger charge is -2.08. The van der Waals surface area contributed by atoms with E-state index in [2.05, 4.69) is 9.97 Å². The van der Waals surface area contributed by atoms with Gasteiger partial charge < -0.3 is 14.5 Å². The van der Waals surface area contributed by atoms with Crippen LogP contribution in [0, 0.1) is 10.1 Å². The van der Waals surface area contributed by atoms with Gasteiger partial charge in [0.25, 0.3) is 12.1 Å². The summed E-state index contributed by atoms with van der Waals surface area (Å²) in [5.74, 6) is 0.791. The average molecular weight is 265 g/mol. The second-order valence-corrected chi connectivity index (χ2v) is 3.73. The molecule has 1 aromatic carbocycles. The van der Waals surface area contributed by atoms with E-state index in [0.29, 0.717) is 17.0 Å². The number of hydrogen-bond acceptors (Lipinski definition) is 6. The molecule has 0 bridgehead atoms. The van der Waals surface area contributed by atoms with E-state index in [1.165, 1.54) is 26.4 Å². The Hall–Kier alpha value is -2.64. The molecule has 1 heterocycles. The molecule has 0 aliphatic heterocycles. The molecule has 0 fully saturated rings. The van der Waals surface area contributed by atoms with E-state index in [1.807, 2.05) is 0 Å². The Morgan fingerprint density at radius 1 is 1.32 bits per heavy atom. The van der Waals surface area contributed by atoms with Crippen LogP contribution in [-0.4, -0.2) is 29.1 Å². The minimum Gasteiger partial charge on any atom is -0.493 e. The number of nitrogens with one attached hydrogen (secondary N) is 1. The van der Waals surface area contributed by atoms with Gasteiger partial charge >= 0.3 is 0 Å². The first-order valence-corrected chi connectivity index (χ1v) is 5.32. The first kappa shape index (κ1) is 12.8. The summed E-state index contributed by atoms with van der Waals surface area (Å²) in [4.78, 5) is 28.1. The number of aromatic amines is 1. The third kappa shape index (κ3) is 2.46. The van der Waals surface area contributed by atoms with Gasteiger partial charge in [-0.25, -0.2) is 4.98 Å². The summed E-state index contributed by atoms with van der Waals surface area (Å²) in [6.45, 7) is -0.542. The number of nitro groups is 1. The molecule has 0 spiro atoms. The van der Waals surface area contributed by atoms with E-state index in [1.54, 1.807) is 0 Å². The number of nitrogens with zero attached hydrogens (tertiary/aromatic N) is 2. The van der Waals surface area contributed by atoms with E-state index >= 15 is 0 Å². The van der Waals surface area contributed by atoms with Crippen molar-refractivity contribution in [2.75, 3.05) is 14.2 Å². The standard InChI is InChI=1S/C11H11N3O5/c1-18-8-3-6-7(4-9(8)19-2)12-10(5-14(16)17)13-11(6)15/h3-4H,5H2,1-2H3,(H,12,13,15). The number of aromatic nitrogens is 2. The Kier molecular flexibility index (Phi) is 3.32. The van der Waals surface area contributed by atoms with Gasteiger partial charge in [0.1, 0.15) is 0 Å². The van der Waals surface area contributed by atoms with Crippen LogP contribution in [0.3, 0.4) is 0 Å². The number of H-pyrrole nitrogens is 1. The molecule has 8 heteroatoms. The maximum Gasteiger partial charge on any atom is 0.260 e. The molecular formula is C11H11N3O5. The van der Waals surface area contributed by atoms with Gasteiger partial charge in [0.2, 0.25) is 0 Å². The van der Waals surface area contributed by atoms with Gasteiger partial charge in [-0.05, 0) is 6.07 Å². The van der Waals surface area contributed by atoms with E-state index in [-0.39, 0.29) is 11.2 Å². The highest BCUT2D eigenvalue weighted by atomic mass is 16.6. The average Bonchev–Trinajstić information content (AvgIpc) is 2.36. The third-order valence-corrected chi connectivity index (χ3v) is 2.54. The van der Waals surface area contributed by atoms with Gasteiger partial charge in [0.15, 0.2) is 17.3 Å². The molecule has 100 valence electrons. The Morgan fingerprint density at radius 3 is 2.53 bits per heavy atom. The van der Waals surface area contributed by atoms with Crippen LogP contribution in [0.4, 0.5) is 0 Å². The van der Waals surface area contributed by atoms with Gasteiger partial charge in [-0.1, -0.05) is 0 Å². The van der Waals surface area contributed by atoms with Crippen LogP contribution in [0.25, 0.3) is 10.9 Å². The summed E-state index contributed by atoms with van der Waals surface area (Å²) in [6.07, 6.45) is 0. The topological polar surface area (TPSA) is 107 Å². The van der Waals surface area contributed by atoms with Gasteiger partial charge in [-0.3, -0.25) is 14.9 Å². The summed E-state index contributed by atoms with van der Waals surface area (Å²) in [5.41, 5.74) is -0.138. The SMILES string of the molecule is COc1cc2nc(C[N+](=O)[O-])[nH]c(=O)c2cc1OC. The van der Waals surface area contributed by atoms with E-state index in [9.17, 15) is 14.9 Å². The molecule has 0 radical (unpaired) electrons. The fraction of sp³-hybridized carbons (Fsp3) is 0.273. The molecule has 1 aromatic heterocycles. The molecule has 0 unspecified atom stereocenters. The van der Waals surface area contributed by atoms with Crippen molar-refractivity contribution in [3.8, 4) is 11.5 Å². The van der Waals surface area contributed by atoms with Crippen molar-refractivity contribution < 1.29 is 14.4 Å². The molecular weight excluding hydrogens is 254 g/mol. The van der Waals surface area contributed by atoms with Crippen LogP contribution in [0.5, 0.6) is 11.5 Å². The third-order valence-electron chi connectivity index (χ3n) is 2.54. The number of benzene rings is 1. The fourth-order valence-corrected chi connectivity index (χ4v) is 1.71. The second-order valence-electron chi connectivity index (χ2n) is 3.73. The molecule has 1 N–H and O–H groups in total. The lowest BCUT2D eigenvalue weighted by Crippen LogP contribution is -2.14. The molecule has 0 aliphatic rings. The van der Waals surface area contributed by atoms with Crippen molar-refractivity contribution in [3.63, 3.8) is 0 Å². The van der Waals surface area contributed by atoms with Gasteiger partial charge in [-0.2, -0.15) is 0 Å². The van der Waals surface area contributed by atoms with Gasteiger partial charge in [-0.15, -0.1) is 0 Å². The predicted molar refractivity (Wildman–Crippen MR) is 66.2 cm³/mol. The van der Waals surface area contributed by atoms with Crippen molar-refractivity contribution in [2.45, 2.75) is 6.54 Å². The highest BCUT2D eigenvalue weighted by molar-refractivity contribution is 5.81. The van der Waals surface area contributed by atoms with Crippen molar-refractivity contribution in [1.29, 1.82) is 0 Å². The lowest BCUT2D eigenvalue weighted by atomic mass is 10.2. The number of methoxy groups -OCH3 is 2. The molecule has 0 amide bonds. The van der Waals surface area contributed by atoms with E-state index < -0.39 is 17.0 Å². The zero-order chi connectivity index (χ0) is 14.0. The van der Waals surface area contributed by atoms with Crippen molar-refractivity contribution in [3.05, 3.63) is 38.4 Å². The van der Waals surface area contributed by atoms with Crippen LogP contribution in [0.1, 0.15) is 5.82 Å². The smallest absolute Gasteiger partial charge is 0.260 e. The Bertz CT molecular complexity index is 695. The molecule has 0 saturated heterocycles. The van der Waals surface area contributed by atoms with Crippen molar-refractivity contribution >= 4 is 10.9 Å². The van der Waals surface area contributed by atoms with Crippen LogP contribution in [0.15, 0.2) is 16.9 Å². The number of rotatable bonds is 4. The molecule has 19 heavy (non-hydrogen) atoms. The van der Waals surface area contributed by atoms with Crippen LogP contribution < -0.4 is 15.0 Å². The molecule has 0 aliphatic carbocycles. The highest BCUT2D eigenvalue weighted by Crippen LogP contribution is 2.29. The largest absolute Gasteiger partial charge is 0.493 e. The minimum atomic E-state index is -0.565. The molecule has 8 nitrogen and oxygen atoms in total. The molecule has 0 atom stereocenters. The Labute approximate surface area is 107 Å². The number of fused-ring (bicyclic) bond motifs is 1. The van der Waals surface area contributed by atoms with Crippen molar-refractivity contribution in [2.24, 2.45) is 0 Å². The van der Waals surface area contributed by atoms with Gasteiger partial charge in [0, 0.05) is 11.0 Å². The maximum absolute atomic E-state index is 11.8. The maximum atomic E-state index is 11.8. The Morgan fingerprint density at radius 2 is 1.95 bits per heavy atom.